The van der Waals surface area contributed by atoms with E-state index in [0.717, 1.165) is 11.3 Å². The molecule has 200 valence electrons. The maximum Gasteiger partial charge on any atom is 0.170 e. The van der Waals surface area contributed by atoms with Gasteiger partial charge < -0.3 is 14.2 Å². The number of ether oxygens (including phenoxy) is 3. The third-order valence-electron chi connectivity index (χ3n) is 6.16. The normalized spacial score (nSPS) is 13.2. The zero-order valence-corrected chi connectivity index (χ0v) is 22.9. The van der Waals surface area contributed by atoms with Crippen LogP contribution in [0.25, 0.3) is 17.1 Å². The molecule has 3 aromatic heterocycles. The lowest BCUT2D eigenvalue weighted by Gasteiger charge is -2.22. The third kappa shape index (κ3) is 5.36. The van der Waals surface area contributed by atoms with Gasteiger partial charge in [0.05, 0.1) is 37.1 Å². The topological polar surface area (TPSA) is 131 Å². The number of hydrogen-bond acceptors (Lipinski definition) is 10. The van der Waals surface area contributed by atoms with Crippen molar-refractivity contribution in [3.8, 4) is 28.6 Å². The molecule has 0 amide bonds. The van der Waals surface area contributed by atoms with E-state index < -0.39 is 26.9 Å². The van der Waals surface area contributed by atoms with E-state index in [0.29, 0.717) is 34.3 Å². The highest BCUT2D eigenvalue weighted by Crippen LogP contribution is 2.37. The van der Waals surface area contributed by atoms with E-state index in [2.05, 4.69) is 25.1 Å². The van der Waals surface area contributed by atoms with Gasteiger partial charge in [0, 0.05) is 31.3 Å². The standard InChI is InChI=1S/C26H30N6O5S/c1-16-10-19(13-27-11-16)26-31-30-23(32(26)24-21(35-4)8-7-9-22(24)36-5)15-38(33,34)18(3)25(37-6)20-14-28-17(2)12-29-20/h7-14,18,25H,15H2,1-6H3/t18-,25+/m1/s1. The number of aromatic nitrogens is 6. The summed E-state index contributed by atoms with van der Waals surface area (Å²) < 4.78 is 46.0. The molecule has 0 saturated carbocycles. The van der Waals surface area contributed by atoms with Gasteiger partial charge in [0.1, 0.15) is 29.0 Å². The molecule has 1 aromatic carbocycles. The molecule has 3 heterocycles. The minimum absolute atomic E-state index is 0.181. The average Bonchev–Trinajstić information content (AvgIpc) is 3.31. The number of sulfone groups is 1. The van der Waals surface area contributed by atoms with Crippen LogP contribution in [0.15, 0.2) is 49.1 Å². The van der Waals surface area contributed by atoms with Crippen molar-refractivity contribution in [2.45, 2.75) is 37.9 Å². The zero-order chi connectivity index (χ0) is 27.4. The van der Waals surface area contributed by atoms with Crippen LogP contribution in [0, 0.1) is 13.8 Å². The number of rotatable bonds is 10. The van der Waals surface area contributed by atoms with E-state index in [1.54, 1.807) is 55.2 Å². The van der Waals surface area contributed by atoms with Crippen molar-refractivity contribution in [1.29, 1.82) is 0 Å². The quantitative estimate of drug-likeness (QED) is 0.296. The van der Waals surface area contributed by atoms with Gasteiger partial charge in [0.25, 0.3) is 0 Å². The molecule has 12 heteroatoms. The average molecular weight is 539 g/mol. The summed E-state index contributed by atoms with van der Waals surface area (Å²) in [5.74, 6) is 1.07. The molecule has 0 aliphatic heterocycles. The van der Waals surface area contributed by atoms with E-state index >= 15 is 0 Å². The Bertz CT molecular complexity index is 1500. The monoisotopic (exact) mass is 538 g/mol. The van der Waals surface area contributed by atoms with Gasteiger partial charge in [-0.1, -0.05) is 6.07 Å². The van der Waals surface area contributed by atoms with Gasteiger partial charge in [-0.05, 0) is 44.5 Å². The lowest BCUT2D eigenvalue weighted by atomic mass is 10.2. The SMILES string of the molecule is COc1cccc(OC)c1-n1c(CS(=O)(=O)[C@H](C)[C@H](OC)c2cnc(C)cn2)nnc1-c1cncc(C)c1. The summed E-state index contributed by atoms with van der Waals surface area (Å²) in [5.41, 5.74) is 3.19. The van der Waals surface area contributed by atoms with Gasteiger partial charge in [-0.2, -0.15) is 0 Å². The Morgan fingerprint density at radius 2 is 1.66 bits per heavy atom. The highest BCUT2D eigenvalue weighted by atomic mass is 32.2. The van der Waals surface area contributed by atoms with Crippen molar-refractivity contribution in [2.24, 2.45) is 0 Å². The van der Waals surface area contributed by atoms with Crippen molar-refractivity contribution in [3.63, 3.8) is 0 Å². The smallest absolute Gasteiger partial charge is 0.170 e. The molecule has 2 atom stereocenters. The van der Waals surface area contributed by atoms with Crippen LogP contribution in [0.1, 0.15) is 35.8 Å². The van der Waals surface area contributed by atoms with Gasteiger partial charge in [0.2, 0.25) is 0 Å². The largest absolute Gasteiger partial charge is 0.494 e. The van der Waals surface area contributed by atoms with Crippen molar-refractivity contribution in [1.82, 2.24) is 29.7 Å². The highest BCUT2D eigenvalue weighted by molar-refractivity contribution is 7.91. The molecule has 0 unspecified atom stereocenters. The van der Waals surface area contributed by atoms with E-state index in [9.17, 15) is 8.42 Å². The van der Waals surface area contributed by atoms with Gasteiger partial charge in [0.15, 0.2) is 21.5 Å². The first-order valence-electron chi connectivity index (χ1n) is 11.8. The second-order valence-corrected chi connectivity index (χ2v) is 11.1. The Morgan fingerprint density at radius 3 is 2.24 bits per heavy atom. The van der Waals surface area contributed by atoms with Crippen molar-refractivity contribution in [2.75, 3.05) is 21.3 Å². The van der Waals surface area contributed by atoms with Gasteiger partial charge >= 0.3 is 0 Å². The number of pyridine rings is 1. The molecule has 11 nitrogen and oxygen atoms in total. The molecule has 0 bridgehead atoms. The summed E-state index contributed by atoms with van der Waals surface area (Å²) in [4.78, 5) is 12.8. The lowest BCUT2D eigenvalue weighted by molar-refractivity contribution is 0.0983. The number of nitrogens with zero attached hydrogens (tertiary/aromatic N) is 6. The maximum absolute atomic E-state index is 13.7. The summed E-state index contributed by atoms with van der Waals surface area (Å²) in [6.07, 6.45) is 5.65. The fourth-order valence-electron chi connectivity index (χ4n) is 4.16. The van der Waals surface area contributed by atoms with Crippen LogP contribution in [0.5, 0.6) is 11.5 Å². The fraction of sp³-hybridized carbons (Fsp3) is 0.346. The second-order valence-electron chi connectivity index (χ2n) is 8.79. The van der Waals surface area contributed by atoms with Gasteiger partial charge in [-0.25, -0.2) is 8.42 Å². The van der Waals surface area contributed by atoms with E-state index in [1.165, 1.54) is 27.5 Å². The van der Waals surface area contributed by atoms with Crippen LogP contribution in [0.2, 0.25) is 0 Å². The Labute approximate surface area is 221 Å². The Morgan fingerprint density at radius 1 is 0.947 bits per heavy atom. The molecule has 0 aliphatic carbocycles. The number of benzene rings is 1. The van der Waals surface area contributed by atoms with Crippen molar-refractivity contribution < 1.29 is 22.6 Å². The van der Waals surface area contributed by atoms with E-state index in [1.807, 2.05) is 13.0 Å². The number of para-hydroxylation sites is 1. The van der Waals surface area contributed by atoms with Crippen LogP contribution in [-0.2, 0) is 20.3 Å². The van der Waals surface area contributed by atoms with Crippen LogP contribution in [-0.4, -0.2) is 64.7 Å². The second kappa shape index (κ2) is 11.2. The first kappa shape index (κ1) is 27.1. The number of methoxy groups -OCH3 is 3. The summed E-state index contributed by atoms with van der Waals surface area (Å²) in [7, 11) is 0.662. The number of hydrogen-bond donors (Lipinski definition) is 0. The van der Waals surface area contributed by atoms with Crippen LogP contribution >= 0.6 is 0 Å². The third-order valence-corrected chi connectivity index (χ3v) is 8.20. The molecular weight excluding hydrogens is 508 g/mol. The minimum atomic E-state index is -3.84. The zero-order valence-electron chi connectivity index (χ0n) is 22.1. The molecule has 0 aliphatic rings. The summed E-state index contributed by atoms with van der Waals surface area (Å²) in [6.45, 7) is 5.30. The van der Waals surface area contributed by atoms with Gasteiger partial charge in [-0.15, -0.1) is 10.2 Å². The predicted octanol–water partition coefficient (Wildman–Crippen LogP) is 3.44. The van der Waals surface area contributed by atoms with Crippen molar-refractivity contribution in [3.05, 3.63) is 71.8 Å². The first-order chi connectivity index (χ1) is 18.2. The van der Waals surface area contributed by atoms with E-state index in [4.69, 9.17) is 14.2 Å². The molecule has 0 saturated heterocycles. The number of aryl methyl sites for hydroxylation is 2. The minimum Gasteiger partial charge on any atom is -0.494 e. The Hall–Kier alpha value is -3.90. The van der Waals surface area contributed by atoms with Gasteiger partial charge in [-0.3, -0.25) is 19.5 Å². The molecule has 0 fully saturated rings. The van der Waals surface area contributed by atoms with E-state index in [-0.39, 0.29) is 5.82 Å². The summed E-state index contributed by atoms with van der Waals surface area (Å²) in [5, 5.41) is 7.73. The highest BCUT2D eigenvalue weighted by Gasteiger charge is 2.34. The summed E-state index contributed by atoms with van der Waals surface area (Å²) >= 11 is 0. The first-order valence-corrected chi connectivity index (χ1v) is 13.5. The molecule has 38 heavy (non-hydrogen) atoms. The fourth-order valence-corrected chi connectivity index (χ4v) is 5.60. The van der Waals surface area contributed by atoms with Crippen LogP contribution in [0.4, 0.5) is 0 Å². The molecule has 0 radical (unpaired) electrons. The maximum atomic E-state index is 13.7. The molecule has 0 N–H and O–H groups in total. The Balaban J connectivity index is 1.84. The lowest BCUT2D eigenvalue weighted by Crippen LogP contribution is -2.29. The van der Waals surface area contributed by atoms with Crippen LogP contribution < -0.4 is 9.47 Å². The molecular formula is C26H30N6O5S. The van der Waals surface area contributed by atoms with Crippen molar-refractivity contribution >= 4 is 9.84 Å². The van der Waals surface area contributed by atoms with Crippen LogP contribution in [0.3, 0.4) is 0 Å². The Kier molecular flexibility index (Phi) is 8.02. The predicted molar refractivity (Wildman–Crippen MR) is 141 cm³/mol. The molecule has 0 spiro atoms. The molecule has 4 aromatic rings. The molecule has 4 rings (SSSR count). The summed E-state index contributed by atoms with van der Waals surface area (Å²) in [6, 6.07) is 7.19.